The van der Waals surface area contributed by atoms with Gasteiger partial charge in [0.15, 0.2) is 11.5 Å². The minimum Gasteiger partial charge on any atom is -0.493 e. The van der Waals surface area contributed by atoms with Crippen molar-refractivity contribution in [2.45, 2.75) is 25.7 Å². The lowest BCUT2D eigenvalue weighted by Gasteiger charge is -2.24. The number of aryl methyl sites for hydroxylation is 2. The fourth-order valence-corrected chi connectivity index (χ4v) is 5.81. The van der Waals surface area contributed by atoms with Crippen molar-refractivity contribution in [2.75, 3.05) is 25.1 Å². The smallest absolute Gasteiger partial charge is 0.264 e. The van der Waals surface area contributed by atoms with Crippen molar-refractivity contribution in [3.8, 4) is 17.2 Å². The van der Waals surface area contributed by atoms with E-state index in [1.807, 2.05) is 26.8 Å². The first-order chi connectivity index (χ1) is 19.6. The Morgan fingerprint density at radius 3 is 2.32 bits per heavy atom. The Kier molecular flexibility index (Phi) is 8.77. The van der Waals surface area contributed by atoms with Crippen LogP contribution in [-0.4, -0.2) is 45.9 Å². The van der Waals surface area contributed by atoms with E-state index in [4.69, 9.17) is 9.47 Å². The Labute approximate surface area is 238 Å². The number of nitrogens with zero attached hydrogens (tertiary/aromatic N) is 3. The Balaban J connectivity index is 1.60. The van der Waals surface area contributed by atoms with Crippen LogP contribution in [0.25, 0.3) is 5.69 Å². The number of hydrazone groups is 1. The fraction of sp³-hybridized carbons (Fsp3) is 0.200. The van der Waals surface area contributed by atoms with Crippen LogP contribution in [0.15, 0.2) is 82.8 Å². The molecular weight excluding hydrogens is 547 g/mol. The number of benzene rings is 3. The second-order valence-electron chi connectivity index (χ2n) is 9.27. The van der Waals surface area contributed by atoms with Crippen LogP contribution in [0.3, 0.4) is 0 Å². The summed E-state index contributed by atoms with van der Waals surface area (Å²) in [6, 6.07) is 19.2. The van der Waals surface area contributed by atoms with E-state index in [-0.39, 0.29) is 16.4 Å². The van der Waals surface area contributed by atoms with Crippen molar-refractivity contribution < 1.29 is 27.1 Å². The molecule has 4 aromatic rings. The van der Waals surface area contributed by atoms with Crippen molar-refractivity contribution in [3.63, 3.8) is 0 Å². The summed E-state index contributed by atoms with van der Waals surface area (Å²) < 4.78 is 55.1. The Morgan fingerprint density at radius 2 is 1.66 bits per heavy atom. The number of carbonyl (C=O) groups excluding carboxylic acids is 1. The predicted octanol–water partition coefficient (Wildman–Crippen LogP) is 4.90. The number of aromatic nitrogens is 1. The van der Waals surface area contributed by atoms with Crippen LogP contribution < -0.4 is 19.2 Å². The zero-order valence-corrected chi connectivity index (χ0v) is 24.2. The summed E-state index contributed by atoms with van der Waals surface area (Å²) in [6.45, 7) is 4.95. The number of hydrogen-bond acceptors (Lipinski definition) is 6. The van der Waals surface area contributed by atoms with E-state index in [1.54, 1.807) is 41.0 Å². The molecule has 0 aliphatic rings. The molecule has 41 heavy (non-hydrogen) atoms. The van der Waals surface area contributed by atoms with Crippen molar-refractivity contribution in [2.24, 2.45) is 5.10 Å². The number of rotatable bonds is 10. The number of nitrogens with one attached hydrogen (secondary N) is 1. The Hall–Kier alpha value is -4.64. The lowest BCUT2D eigenvalue weighted by Crippen LogP contribution is -2.39. The summed E-state index contributed by atoms with van der Waals surface area (Å²) in [6.07, 6.45) is 1.44. The van der Waals surface area contributed by atoms with Crippen molar-refractivity contribution >= 4 is 27.8 Å². The molecule has 11 heteroatoms. The number of carbonyl (C=O) groups is 1. The van der Waals surface area contributed by atoms with Crippen molar-refractivity contribution in [3.05, 3.63) is 101 Å². The van der Waals surface area contributed by atoms with Crippen LogP contribution in [0.2, 0.25) is 0 Å². The van der Waals surface area contributed by atoms with Crippen LogP contribution in [-0.2, 0) is 14.8 Å². The molecule has 3 aromatic carbocycles. The highest BCUT2D eigenvalue weighted by molar-refractivity contribution is 7.92. The van der Waals surface area contributed by atoms with Gasteiger partial charge < -0.3 is 14.0 Å². The second-order valence-corrected chi connectivity index (χ2v) is 11.1. The molecule has 0 unspecified atom stereocenters. The first kappa shape index (κ1) is 29.3. The molecule has 1 heterocycles. The third kappa shape index (κ3) is 6.25. The van der Waals surface area contributed by atoms with E-state index >= 15 is 0 Å². The maximum absolute atomic E-state index is 14.4. The van der Waals surface area contributed by atoms with Crippen molar-refractivity contribution in [1.82, 2.24) is 9.99 Å². The molecule has 0 saturated carbocycles. The van der Waals surface area contributed by atoms with Crippen LogP contribution in [0, 0.1) is 26.6 Å². The summed E-state index contributed by atoms with van der Waals surface area (Å²) >= 11 is 0. The van der Waals surface area contributed by atoms with Gasteiger partial charge in [-0.1, -0.05) is 29.8 Å². The van der Waals surface area contributed by atoms with Gasteiger partial charge in [0.2, 0.25) is 0 Å². The van der Waals surface area contributed by atoms with Gasteiger partial charge in [-0.3, -0.25) is 9.10 Å². The van der Waals surface area contributed by atoms with E-state index < -0.39 is 22.5 Å². The van der Waals surface area contributed by atoms with Gasteiger partial charge in [0.1, 0.15) is 12.4 Å². The maximum Gasteiger partial charge on any atom is 0.264 e. The molecule has 0 radical (unpaired) electrons. The first-order valence-electron chi connectivity index (χ1n) is 12.6. The van der Waals surface area contributed by atoms with E-state index in [0.717, 1.165) is 21.3 Å². The largest absolute Gasteiger partial charge is 0.493 e. The monoisotopic (exact) mass is 578 g/mol. The number of para-hydroxylation sites is 1. The first-order valence-corrected chi connectivity index (χ1v) is 14.1. The molecule has 9 nitrogen and oxygen atoms in total. The maximum atomic E-state index is 14.4. The van der Waals surface area contributed by atoms with Gasteiger partial charge in [0, 0.05) is 23.0 Å². The molecule has 0 fully saturated rings. The Bertz CT molecular complexity index is 1700. The zero-order valence-electron chi connectivity index (χ0n) is 23.4. The molecule has 0 spiro atoms. The average molecular weight is 579 g/mol. The fourth-order valence-electron chi connectivity index (χ4n) is 4.39. The van der Waals surface area contributed by atoms with Gasteiger partial charge in [0.25, 0.3) is 15.9 Å². The summed E-state index contributed by atoms with van der Waals surface area (Å²) in [5.41, 5.74) is 6.07. The third-order valence-electron chi connectivity index (χ3n) is 6.51. The standard InChI is InChI=1S/C30H31FN4O5S/c1-20-10-13-25(14-11-20)41(37,38)34(24-12-15-28(39-4)29(17-24)40-5)19-30(36)33-32-18-23-16-21(2)35(22(23)3)27-9-7-6-8-26(27)31/h6-18H,19H2,1-5H3,(H,33,36)/b32-18-. The molecule has 1 amide bonds. The van der Waals surface area contributed by atoms with Crippen LogP contribution in [0.1, 0.15) is 22.5 Å². The lowest BCUT2D eigenvalue weighted by atomic mass is 10.2. The van der Waals surface area contributed by atoms with Gasteiger partial charge >= 0.3 is 0 Å². The van der Waals surface area contributed by atoms with E-state index in [2.05, 4.69) is 10.5 Å². The van der Waals surface area contributed by atoms with Gasteiger partial charge in [-0.05, 0) is 63.2 Å². The van der Waals surface area contributed by atoms with E-state index in [0.29, 0.717) is 22.7 Å². The van der Waals surface area contributed by atoms with Crippen LogP contribution >= 0.6 is 0 Å². The molecule has 1 N–H and O–H groups in total. The minimum absolute atomic E-state index is 0.0229. The Morgan fingerprint density at radius 1 is 0.976 bits per heavy atom. The van der Waals surface area contributed by atoms with Gasteiger partial charge in [0.05, 0.1) is 36.7 Å². The number of amides is 1. The third-order valence-corrected chi connectivity index (χ3v) is 8.30. The number of anilines is 1. The lowest BCUT2D eigenvalue weighted by molar-refractivity contribution is -0.119. The molecule has 1 aromatic heterocycles. The van der Waals surface area contributed by atoms with Gasteiger partial charge in [-0.2, -0.15) is 5.10 Å². The molecular formula is C30H31FN4O5S. The number of sulfonamides is 1. The van der Waals surface area contributed by atoms with Crippen LogP contribution in [0.5, 0.6) is 11.5 Å². The highest BCUT2D eigenvalue weighted by Gasteiger charge is 2.28. The van der Waals surface area contributed by atoms with E-state index in [9.17, 15) is 17.6 Å². The minimum atomic E-state index is -4.15. The number of halogens is 1. The molecule has 0 aliphatic heterocycles. The second kappa shape index (κ2) is 12.3. The highest BCUT2D eigenvalue weighted by atomic mass is 32.2. The van der Waals surface area contributed by atoms with E-state index in [1.165, 1.54) is 50.8 Å². The summed E-state index contributed by atoms with van der Waals surface area (Å²) in [5, 5.41) is 4.05. The average Bonchev–Trinajstić information content (AvgIpc) is 3.24. The van der Waals surface area contributed by atoms with Crippen molar-refractivity contribution in [1.29, 1.82) is 0 Å². The summed E-state index contributed by atoms with van der Waals surface area (Å²) in [7, 11) is -1.24. The molecule has 0 aliphatic carbocycles. The quantitative estimate of drug-likeness (QED) is 0.213. The topological polar surface area (TPSA) is 102 Å². The normalized spacial score (nSPS) is 11.5. The molecule has 0 atom stereocenters. The number of ether oxygens (including phenoxy) is 2. The van der Waals surface area contributed by atoms with Crippen LogP contribution in [0.4, 0.5) is 10.1 Å². The molecule has 214 valence electrons. The van der Waals surface area contributed by atoms with Gasteiger partial charge in [-0.25, -0.2) is 18.2 Å². The molecule has 0 saturated heterocycles. The predicted molar refractivity (Wildman–Crippen MR) is 156 cm³/mol. The molecule has 4 rings (SSSR count). The van der Waals surface area contributed by atoms with Gasteiger partial charge in [-0.15, -0.1) is 0 Å². The summed E-state index contributed by atoms with van der Waals surface area (Å²) in [5.74, 6) is -0.325. The number of hydrogen-bond donors (Lipinski definition) is 1. The number of methoxy groups -OCH3 is 2. The summed E-state index contributed by atoms with van der Waals surface area (Å²) in [4.78, 5) is 13.0. The zero-order chi connectivity index (χ0) is 29.7. The molecule has 0 bridgehead atoms. The SMILES string of the molecule is COc1ccc(N(CC(=O)N/N=C\c2cc(C)n(-c3ccccc3F)c2C)S(=O)(=O)c2ccc(C)cc2)cc1OC. The highest BCUT2D eigenvalue weighted by Crippen LogP contribution is 2.33.